The van der Waals surface area contributed by atoms with E-state index in [9.17, 15) is 13.2 Å². The highest BCUT2D eigenvalue weighted by atomic mass is 19.4. The molecule has 0 saturated heterocycles. The maximum Gasteiger partial charge on any atom is 0.417 e. The lowest BCUT2D eigenvalue weighted by Gasteiger charge is -2.23. The van der Waals surface area contributed by atoms with Crippen molar-refractivity contribution in [1.29, 1.82) is 0 Å². The number of rotatable bonds is 10. The van der Waals surface area contributed by atoms with Gasteiger partial charge in [-0.05, 0) is 78.7 Å². The molecule has 0 N–H and O–H groups in total. The lowest BCUT2D eigenvalue weighted by atomic mass is 9.85. The summed E-state index contributed by atoms with van der Waals surface area (Å²) in [5.41, 5.74) is 3.40. The molecule has 0 bridgehead atoms. The summed E-state index contributed by atoms with van der Waals surface area (Å²) in [5.74, 6) is 0.805. The van der Waals surface area contributed by atoms with Crippen LogP contribution in [-0.4, -0.2) is 6.18 Å². The van der Waals surface area contributed by atoms with E-state index >= 15 is 0 Å². The lowest BCUT2D eigenvalue weighted by Crippen LogP contribution is -2.18. The molecule has 0 heterocycles. The van der Waals surface area contributed by atoms with Crippen molar-refractivity contribution in [3.8, 4) is 0 Å². The minimum absolute atomic E-state index is 0.185. The van der Waals surface area contributed by atoms with Crippen LogP contribution in [0.3, 0.4) is 0 Å². The van der Waals surface area contributed by atoms with Crippen molar-refractivity contribution in [2.75, 3.05) is 0 Å². The maximum absolute atomic E-state index is 14.5. The Bertz CT molecular complexity index is 842. The molecule has 0 aromatic carbocycles. The molecule has 0 aromatic heterocycles. The lowest BCUT2D eigenvalue weighted by molar-refractivity contribution is -0.0898. The van der Waals surface area contributed by atoms with Gasteiger partial charge in [0.1, 0.15) is 0 Å². The van der Waals surface area contributed by atoms with Crippen molar-refractivity contribution in [2.24, 2.45) is 11.3 Å². The average molecular weight is 461 g/mol. The third-order valence-electron chi connectivity index (χ3n) is 7.39. The molecule has 184 valence electrons. The van der Waals surface area contributed by atoms with E-state index in [1.165, 1.54) is 32.1 Å². The van der Waals surface area contributed by atoms with Crippen molar-refractivity contribution >= 4 is 0 Å². The summed E-state index contributed by atoms with van der Waals surface area (Å²) in [6, 6.07) is 0. The molecule has 1 unspecified atom stereocenters. The van der Waals surface area contributed by atoms with Gasteiger partial charge in [-0.2, -0.15) is 13.2 Å². The van der Waals surface area contributed by atoms with Crippen LogP contribution in [0, 0.1) is 11.3 Å². The number of alkyl halides is 3. The first kappa shape index (κ1) is 26.1. The Hall–Kier alpha value is -1.51. The molecule has 3 rings (SSSR count). The van der Waals surface area contributed by atoms with Crippen molar-refractivity contribution < 1.29 is 13.2 Å². The van der Waals surface area contributed by atoms with Crippen LogP contribution < -0.4 is 0 Å². The summed E-state index contributed by atoms with van der Waals surface area (Å²) in [4.78, 5) is 0. The minimum atomic E-state index is -4.32. The predicted octanol–water partition coefficient (Wildman–Crippen LogP) is 10.3. The summed E-state index contributed by atoms with van der Waals surface area (Å²) >= 11 is 0. The van der Waals surface area contributed by atoms with E-state index < -0.39 is 6.18 Å². The third kappa shape index (κ3) is 6.99. The molecule has 1 atom stereocenters. The molecule has 0 fully saturated rings. The highest BCUT2D eigenvalue weighted by Crippen LogP contribution is 2.49. The Morgan fingerprint density at radius 2 is 1.64 bits per heavy atom. The first-order valence-corrected chi connectivity index (χ1v) is 13.3. The van der Waals surface area contributed by atoms with E-state index in [-0.39, 0.29) is 11.0 Å². The van der Waals surface area contributed by atoms with E-state index in [2.05, 4.69) is 39.8 Å². The number of fused-ring (bicyclic) bond motifs is 1. The zero-order valence-electron chi connectivity index (χ0n) is 21.2. The molecule has 3 aliphatic carbocycles. The molecule has 0 aliphatic heterocycles. The molecule has 3 aliphatic rings. The molecule has 0 aromatic rings. The zero-order chi connectivity index (χ0) is 24.1. The van der Waals surface area contributed by atoms with E-state index in [0.29, 0.717) is 24.0 Å². The molecule has 0 saturated carbocycles. The third-order valence-corrected chi connectivity index (χ3v) is 7.39. The summed E-state index contributed by atoms with van der Waals surface area (Å²) in [6.45, 7) is 8.82. The van der Waals surface area contributed by atoms with Gasteiger partial charge in [-0.25, -0.2) is 0 Å². The Balaban J connectivity index is 1.76. The fourth-order valence-electron chi connectivity index (χ4n) is 5.88. The highest BCUT2D eigenvalue weighted by molar-refractivity contribution is 5.63. The van der Waals surface area contributed by atoms with Gasteiger partial charge in [-0.1, -0.05) is 90.5 Å². The molecule has 0 nitrogen and oxygen atoms in total. The molecular weight excluding hydrogens is 417 g/mol. The summed E-state index contributed by atoms with van der Waals surface area (Å²) in [6.07, 6.45) is 16.9. The van der Waals surface area contributed by atoms with E-state index in [1.807, 2.05) is 12.2 Å². The molecular formula is C30H43F3. The Labute approximate surface area is 199 Å². The predicted molar refractivity (Wildman–Crippen MR) is 134 cm³/mol. The van der Waals surface area contributed by atoms with Crippen LogP contribution >= 0.6 is 0 Å². The first-order valence-electron chi connectivity index (χ1n) is 13.3. The normalized spacial score (nSPS) is 21.7. The first-order chi connectivity index (χ1) is 15.6. The van der Waals surface area contributed by atoms with Crippen molar-refractivity contribution in [3.05, 3.63) is 57.7 Å². The van der Waals surface area contributed by atoms with Crippen LogP contribution in [0.5, 0.6) is 0 Å². The monoisotopic (exact) mass is 460 g/mol. The van der Waals surface area contributed by atoms with Gasteiger partial charge in [0.2, 0.25) is 0 Å². The number of unbranched alkanes of at least 4 members (excludes halogenated alkanes) is 3. The van der Waals surface area contributed by atoms with Crippen LogP contribution in [0.4, 0.5) is 13.2 Å². The quantitative estimate of drug-likeness (QED) is 0.284. The molecule has 0 radical (unpaired) electrons. The van der Waals surface area contributed by atoms with Gasteiger partial charge in [0.05, 0.1) is 5.57 Å². The van der Waals surface area contributed by atoms with Gasteiger partial charge in [0, 0.05) is 5.41 Å². The number of halogens is 3. The molecule has 3 heteroatoms. The van der Waals surface area contributed by atoms with Gasteiger partial charge >= 0.3 is 6.18 Å². The second kappa shape index (κ2) is 11.3. The second-order valence-electron chi connectivity index (χ2n) is 11.0. The standard InChI is InChI=1S/C30H43F3/c1-5-13-22(2)14-8-6-7-9-16-24-20-29(3,4)21-27(24)26-19-12-17-23-15-10-11-18-25(23)28(26)30(31,32)33/h15,18,20-22H,5-14,16-17,19H2,1-4H3. The van der Waals surface area contributed by atoms with Gasteiger partial charge in [-0.3, -0.25) is 0 Å². The second-order valence-corrected chi connectivity index (χ2v) is 11.0. The largest absolute Gasteiger partial charge is 0.417 e. The molecule has 0 spiro atoms. The smallest absolute Gasteiger partial charge is 0.166 e. The number of allylic oxidation sites excluding steroid dienone is 10. The zero-order valence-corrected chi connectivity index (χ0v) is 21.2. The Morgan fingerprint density at radius 3 is 2.36 bits per heavy atom. The van der Waals surface area contributed by atoms with Crippen molar-refractivity contribution in [1.82, 2.24) is 0 Å². The fraction of sp³-hybridized carbons (Fsp3) is 0.667. The Morgan fingerprint density at radius 1 is 0.909 bits per heavy atom. The minimum Gasteiger partial charge on any atom is -0.166 e. The topological polar surface area (TPSA) is 0 Å². The maximum atomic E-state index is 14.5. The van der Waals surface area contributed by atoms with Gasteiger partial charge in [0.25, 0.3) is 0 Å². The molecule has 0 amide bonds. The van der Waals surface area contributed by atoms with Gasteiger partial charge in [0.15, 0.2) is 0 Å². The van der Waals surface area contributed by atoms with Gasteiger partial charge in [-0.15, -0.1) is 0 Å². The van der Waals surface area contributed by atoms with Crippen LogP contribution in [0.1, 0.15) is 111 Å². The average Bonchev–Trinajstić information content (AvgIpc) is 2.91. The SMILES string of the molecule is CCCC(C)CCCCCCC1=CC(C)(C)C=C1C1=C(C(F)(F)F)C2=CCCC=C2CCC1. The summed E-state index contributed by atoms with van der Waals surface area (Å²) in [5, 5.41) is 0. The summed E-state index contributed by atoms with van der Waals surface area (Å²) < 4.78 is 43.4. The van der Waals surface area contributed by atoms with Crippen LogP contribution in [0.25, 0.3) is 0 Å². The fourth-order valence-corrected chi connectivity index (χ4v) is 5.88. The highest BCUT2D eigenvalue weighted by Gasteiger charge is 2.42. The van der Waals surface area contributed by atoms with Crippen LogP contribution in [0.2, 0.25) is 0 Å². The number of hydrogen-bond donors (Lipinski definition) is 0. The van der Waals surface area contributed by atoms with E-state index in [1.54, 1.807) is 0 Å². The van der Waals surface area contributed by atoms with Gasteiger partial charge < -0.3 is 0 Å². The van der Waals surface area contributed by atoms with Crippen LogP contribution in [0.15, 0.2) is 57.7 Å². The van der Waals surface area contributed by atoms with Crippen molar-refractivity contribution in [3.63, 3.8) is 0 Å². The summed E-state index contributed by atoms with van der Waals surface area (Å²) in [7, 11) is 0. The van der Waals surface area contributed by atoms with Crippen molar-refractivity contribution in [2.45, 2.75) is 117 Å². The number of hydrogen-bond acceptors (Lipinski definition) is 0. The molecule has 33 heavy (non-hydrogen) atoms. The Kier molecular flexibility index (Phi) is 8.92. The van der Waals surface area contributed by atoms with E-state index in [0.717, 1.165) is 61.2 Å². The van der Waals surface area contributed by atoms with E-state index in [4.69, 9.17) is 0 Å². The van der Waals surface area contributed by atoms with Crippen LogP contribution in [-0.2, 0) is 0 Å².